The number of morpholine rings is 1. The maximum Gasteiger partial charge on any atom is 0.337 e. The monoisotopic (exact) mass is 409 g/mol. The molecule has 0 saturated carbocycles. The maximum atomic E-state index is 12.6. The number of methoxy groups -OCH3 is 1. The number of hydrogen-bond acceptors (Lipinski definition) is 6. The molecule has 0 amide bonds. The van der Waals surface area contributed by atoms with Crippen LogP contribution in [0.4, 0.5) is 5.88 Å². The molecule has 1 fully saturated rings. The summed E-state index contributed by atoms with van der Waals surface area (Å²) < 4.78 is 17.0. The van der Waals surface area contributed by atoms with E-state index < -0.39 is 5.97 Å². The van der Waals surface area contributed by atoms with Gasteiger partial charge in [0.2, 0.25) is 0 Å². The Labute approximate surface area is 153 Å². The molecule has 134 valence electrons. The second kappa shape index (κ2) is 7.17. The normalized spacial score (nSPS) is 18.0. The largest absolute Gasteiger partial charge is 0.465 e. The van der Waals surface area contributed by atoms with Crippen molar-refractivity contribution in [3.05, 3.63) is 38.5 Å². The highest BCUT2D eigenvalue weighted by Crippen LogP contribution is 2.29. The minimum Gasteiger partial charge on any atom is -0.465 e. The third-order valence-corrected chi connectivity index (χ3v) is 4.93. The van der Waals surface area contributed by atoms with Gasteiger partial charge in [-0.25, -0.2) is 4.79 Å². The first kappa shape index (κ1) is 17.9. The molecule has 25 heavy (non-hydrogen) atoms. The number of hydrogen-bond donors (Lipinski definition) is 0. The summed E-state index contributed by atoms with van der Waals surface area (Å²) in [7, 11) is 1.30. The van der Waals surface area contributed by atoms with Gasteiger partial charge in [0.05, 0.1) is 35.2 Å². The summed E-state index contributed by atoms with van der Waals surface area (Å²) in [5.41, 5.74) is 0.520. The van der Waals surface area contributed by atoms with Crippen LogP contribution in [0.2, 0.25) is 0 Å². The molecule has 1 aromatic heterocycles. The van der Waals surface area contributed by atoms with E-state index in [0.717, 1.165) is 0 Å². The number of nitrogens with zero attached hydrogens (tertiary/aromatic N) is 1. The molecule has 3 rings (SSSR count). The molecular weight excluding hydrogens is 390 g/mol. The lowest BCUT2D eigenvalue weighted by Crippen LogP contribution is -2.45. The van der Waals surface area contributed by atoms with Crippen LogP contribution in [-0.2, 0) is 9.47 Å². The van der Waals surface area contributed by atoms with Crippen molar-refractivity contribution in [2.75, 3.05) is 31.7 Å². The standard InChI is InChI=1S/C18H20BrNO5/c1-10(2)15-9-20(4-5-24-15)16-8-14(21)12-6-11(18(22)23-3)7-13(19)17(12)25-16/h6-8,10,15H,4-5,9H2,1-3H3. The van der Waals surface area contributed by atoms with Crippen molar-refractivity contribution >= 4 is 38.8 Å². The SMILES string of the molecule is COC(=O)c1cc(Br)c2oc(N3CCOC(C(C)C)C3)cc(=O)c2c1. The lowest BCUT2D eigenvalue weighted by atomic mass is 10.1. The first-order valence-corrected chi connectivity index (χ1v) is 8.92. The Morgan fingerprint density at radius 3 is 2.80 bits per heavy atom. The van der Waals surface area contributed by atoms with Crippen molar-refractivity contribution in [1.82, 2.24) is 0 Å². The smallest absolute Gasteiger partial charge is 0.337 e. The molecule has 7 heteroatoms. The Bertz CT molecular complexity index is 860. The molecule has 0 N–H and O–H groups in total. The quantitative estimate of drug-likeness (QED) is 0.724. The van der Waals surface area contributed by atoms with Crippen molar-refractivity contribution < 1.29 is 18.7 Å². The fourth-order valence-electron chi connectivity index (χ4n) is 2.87. The van der Waals surface area contributed by atoms with Gasteiger partial charge in [-0.05, 0) is 34.0 Å². The first-order chi connectivity index (χ1) is 11.9. The van der Waals surface area contributed by atoms with Crippen molar-refractivity contribution in [2.45, 2.75) is 20.0 Å². The van der Waals surface area contributed by atoms with E-state index in [1.807, 2.05) is 4.90 Å². The number of carbonyl (C=O) groups is 1. The highest BCUT2D eigenvalue weighted by Gasteiger charge is 2.25. The molecule has 6 nitrogen and oxygen atoms in total. The van der Waals surface area contributed by atoms with Crippen LogP contribution in [0.3, 0.4) is 0 Å². The van der Waals surface area contributed by atoms with Gasteiger partial charge in [-0.1, -0.05) is 13.8 Å². The van der Waals surface area contributed by atoms with Gasteiger partial charge in [0, 0.05) is 19.2 Å². The second-order valence-corrected chi connectivity index (χ2v) is 7.23. The molecule has 1 unspecified atom stereocenters. The Kier molecular flexibility index (Phi) is 5.15. The van der Waals surface area contributed by atoms with E-state index in [1.54, 1.807) is 6.07 Å². The first-order valence-electron chi connectivity index (χ1n) is 8.13. The molecule has 1 aliphatic heterocycles. The van der Waals surface area contributed by atoms with Gasteiger partial charge in [0.25, 0.3) is 0 Å². The van der Waals surface area contributed by atoms with E-state index in [-0.39, 0.29) is 11.5 Å². The minimum atomic E-state index is -0.501. The number of carbonyl (C=O) groups excluding carboxylic acids is 1. The van der Waals surface area contributed by atoms with Crippen LogP contribution in [0, 0.1) is 5.92 Å². The van der Waals surface area contributed by atoms with Crippen LogP contribution < -0.4 is 10.3 Å². The molecule has 2 aromatic rings. The van der Waals surface area contributed by atoms with Crippen molar-refractivity contribution in [1.29, 1.82) is 0 Å². The van der Waals surface area contributed by atoms with Gasteiger partial charge in [-0.3, -0.25) is 4.79 Å². The average Bonchev–Trinajstić information content (AvgIpc) is 2.61. The molecule has 2 heterocycles. The third kappa shape index (κ3) is 3.57. The molecular formula is C18H20BrNO5. The summed E-state index contributed by atoms with van der Waals surface area (Å²) >= 11 is 3.39. The number of anilines is 1. The number of fused-ring (bicyclic) bond motifs is 1. The predicted octanol–water partition coefficient (Wildman–Crippen LogP) is 3.20. The summed E-state index contributed by atoms with van der Waals surface area (Å²) in [4.78, 5) is 26.3. The summed E-state index contributed by atoms with van der Waals surface area (Å²) in [6, 6.07) is 4.56. The molecule has 1 aliphatic rings. The molecule has 1 atom stereocenters. The van der Waals surface area contributed by atoms with Crippen molar-refractivity contribution in [3.63, 3.8) is 0 Å². The van der Waals surface area contributed by atoms with E-state index in [4.69, 9.17) is 13.9 Å². The van der Waals surface area contributed by atoms with Gasteiger partial charge in [-0.15, -0.1) is 0 Å². The van der Waals surface area contributed by atoms with Crippen molar-refractivity contribution in [2.24, 2.45) is 5.92 Å². The molecule has 1 saturated heterocycles. The fraction of sp³-hybridized carbons (Fsp3) is 0.444. The molecule has 0 radical (unpaired) electrons. The molecule has 1 aromatic carbocycles. The zero-order valence-electron chi connectivity index (χ0n) is 14.4. The minimum absolute atomic E-state index is 0.0971. The van der Waals surface area contributed by atoms with Gasteiger partial charge < -0.3 is 18.8 Å². The number of ether oxygens (including phenoxy) is 2. The Morgan fingerprint density at radius 2 is 2.12 bits per heavy atom. The zero-order valence-corrected chi connectivity index (χ0v) is 16.0. The molecule has 0 spiro atoms. The van der Waals surface area contributed by atoms with Gasteiger partial charge >= 0.3 is 5.97 Å². The topological polar surface area (TPSA) is 69.0 Å². The summed E-state index contributed by atoms with van der Waals surface area (Å²) in [6.45, 7) is 6.14. The lowest BCUT2D eigenvalue weighted by Gasteiger charge is -2.35. The van der Waals surface area contributed by atoms with Crippen LogP contribution in [0.1, 0.15) is 24.2 Å². The number of esters is 1. The van der Waals surface area contributed by atoms with E-state index in [2.05, 4.69) is 29.8 Å². The van der Waals surface area contributed by atoms with Crippen LogP contribution in [0.25, 0.3) is 11.0 Å². The van der Waals surface area contributed by atoms with E-state index in [0.29, 0.717) is 52.5 Å². The van der Waals surface area contributed by atoms with E-state index in [1.165, 1.54) is 19.2 Å². The highest BCUT2D eigenvalue weighted by atomic mass is 79.9. The average molecular weight is 410 g/mol. The van der Waals surface area contributed by atoms with Gasteiger partial charge in [0.1, 0.15) is 0 Å². The van der Waals surface area contributed by atoms with Crippen LogP contribution in [0.15, 0.2) is 31.9 Å². The molecule has 0 bridgehead atoms. The highest BCUT2D eigenvalue weighted by molar-refractivity contribution is 9.10. The van der Waals surface area contributed by atoms with Crippen LogP contribution in [0.5, 0.6) is 0 Å². The van der Waals surface area contributed by atoms with Crippen molar-refractivity contribution in [3.8, 4) is 0 Å². The van der Waals surface area contributed by atoms with E-state index >= 15 is 0 Å². The Morgan fingerprint density at radius 1 is 1.36 bits per heavy atom. The lowest BCUT2D eigenvalue weighted by molar-refractivity contribution is 0.0102. The van der Waals surface area contributed by atoms with E-state index in [9.17, 15) is 9.59 Å². The van der Waals surface area contributed by atoms with Gasteiger partial charge in [0.15, 0.2) is 16.9 Å². The summed E-state index contributed by atoms with van der Waals surface area (Å²) in [5, 5.41) is 0.340. The van der Waals surface area contributed by atoms with Gasteiger partial charge in [-0.2, -0.15) is 0 Å². The van der Waals surface area contributed by atoms with Crippen LogP contribution in [-0.4, -0.2) is 38.9 Å². The zero-order chi connectivity index (χ0) is 18.1. The summed E-state index contributed by atoms with van der Waals surface area (Å²) in [6.07, 6.45) is 0.0971. The number of benzene rings is 1. The fourth-order valence-corrected chi connectivity index (χ4v) is 3.42. The second-order valence-electron chi connectivity index (χ2n) is 6.37. The Balaban J connectivity index is 2.03. The number of halogens is 1. The third-order valence-electron chi connectivity index (χ3n) is 4.34. The maximum absolute atomic E-state index is 12.6. The summed E-state index contributed by atoms with van der Waals surface area (Å²) in [5.74, 6) is 0.390. The molecule has 0 aliphatic carbocycles. The predicted molar refractivity (Wildman–Crippen MR) is 98.3 cm³/mol. The van der Waals surface area contributed by atoms with Crippen LogP contribution >= 0.6 is 15.9 Å². The Hall–Kier alpha value is -1.86. The number of rotatable bonds is 3.